The van der Waals surface area contributed by atoms with Gasteiger partial charge in [0.2, 0.25) is 5.82 Å². The largest absolute Gasteiger partial charge is 0.488 e. The summed E-state index contributed by atoms with van der Waals surface area (Å²) < 4.78 is 6.13. The van der Waals surface area contributed by atoms with Crippen molar-refractivity contribution in [1.29, 1.82) is 0 Å². The van der Waals surface area contributed by atoms with Gasteiger partial charge in [0.15, 0.2) is 0 Å². The van der Waals surface area contributed by atoms with Gasteiger partial charge in [0, 0.05) is 11.8 Å². The van der Waals surface area contributed by atoms with Crippen LogP contribution in [0.15, 0.2) is 103 Å². The van der Waals surface area contributed by atoms with E-state index in [4.69, 9.17) is 4.74 Å². The minimum absolute atomic E-state index is 0.484. The van der Waals surface area contributed by atoms with Gasteiger partial charge in [-0.15, -0.1) is 15.0 Å². The predicted octanol–water partition coefficient (Wildman–Crippen LogP) is 4.97. The van der Waals surface area contributed by atoms with Crippen LogP contribution in [0.1, 0.15) is 5.56 Å². The molecule has 150 valence electrons. The minimum Gasteiger partial charge on any atom is -0.488 e. The number of aromatic nitrogens is 5. The van der Waals surface area contributed by atoms with E-state index in [0.29, 0.717) is 18.1 Å². The number of pyridine rings is 1. The highest BCUT2D eigenvalue weighted by atomic mass is 16.5. The molecule has 0 unspecified atom stereocenters. The van der Waals surface area contributed by atoms with E-state index in [9.17, 15) is 0 Å². The third-order valence-corrected chi connectivity index (χ3v) is 4.82. The molecule has 0 spiro atoms. The Balaban J connectivity index is 1.43. The van der Waals surface area contributed by atoms with Gasteiger partial charge >= 0.3 is 0 Å². The molecule has 0 bridgehead atoms. The van der Waals surface area contributed by atoms with Gasteiger partial charge in [-0.3, -0.25) is 4.98 Å². The van der Waals surface area contributed by atoms with Crippen LogP contribution >= 0.6 is 0 Å². The van der Waals surface area contributed by atoms with Crippen LogP contribution < -0.4 is 4.74 Å². The second kappa shape index (κ2) is 8.59. The fourth-order valence-electron chi connectivity index (χ4n) is 3.29. The Labute approximate surface area is 179 Å². The van der Waals surface area contributed by atoms with Crippen LogP contribution in [0.3, 0.4) is 0 Å². The highest BCUT2D eigenvalue weighted by molar-refractivity contribution is 5.72. The Morgan fingerprint density at radius 1 is 0.774 bits per heavy atom. The summed E-state index contributed by atoms with van der Waals surface area (Å²) in [6.07, 6.45) is 1.71. The van der Waals surface area contributed by atoms with Crippen LogP contribution in [0.5, 0.6) is 5.75 Å². The summed E-state index contributed by atoms with van der Waals surface area (Å²) in [5.41, 5.74) is 4.64. The van der Waals surface area contributed by atoms with E-state index in [2.05, 4.69) is 32.5 Å². The van der Waals surface area contributed by atoms with Gasteiger partial charge in [-0.1, -0.05) is 66.7 Å². The monoisotopic (exact) mass is 405 g/mol. The molecule has 0 fully saturated rings. The first kappa shape index (κ1) is 18.7. The number of ether oxygens (including phenoxy) is 1. The van der Waals surface area contributed by atoms with Crippen molar-refractivity contribution in [2.75, 3.05) is 0 Å². The van der Waals surface area contributed by atoms with E-state index in [1.165, 1.54) is 4.80 Å². The Kier molecular flexibility index (Phi) is 5.18. The van der Waals surface area contributed by atoms with Gasteiger partial charge in [-0.2, -0.15) is 0 Å². The highest BCUT2D eigenvalue weighted by Crippen LogP contribution is 2.31. The number of nitrogens with zero attached hydrogens (tertiary/aromatic N) is 5. The fourth-order valence-corrected chi connectivity index (χ4v) is 3.29. The van der Waals surface area contributed by atoms with Crippen LogP contribution in [-0.2, 0) is 6.61 Å². The van der Waals surface area contributed by atoms with Crippen molar-refractivity contribution >= 4 is 0 Å². The summed E-state index contributed by atoms with van der Waals surface area (Å²) in [4.78, 5) is 5.80. The number of hydrogen-bond acceptors (Lipinski definition) is 5. The number of benzene rings is 3. The number of rotatable bonds is 6. The molecule has 0 aliphatic heterocycles. The Bertz CT molecular complexity index is 1290. The lowest BCUT2D eigenvalue weighted by molar-refractivity contribution is 0.307. The van der Waals surface area contributed by atoms with Crippen LogP contribution in [-0.4, -0.2) is 25.2 Å². The van der Waals surface area contributed by atoms with Crippen molar-refractivity contribution in [1.82, 2.24) is 25.2 Å². The second-order valence-corrected chi connectivity index (χ2v) is 6.94. The average molecular weight is 405 g/mol. The zero-order valence-corrected chi connectivity index (χ0v) is 16.7. The van der Waals surface area contributed by atoms with Gasteiger partial charge < -0.3 is 4.74 Å². The molecule has 0 atom stereocenters. The molecule has 0 saturated heterocycles. The lowest BCUT2D eigenvalue weighted by atomic mass is 10.0. The molecule has 2 heterocycles. The quantitative estimate of drug-likeness (QED) is 0.399. The zero-order valence-electron chi connectivity index (χ0n) is 16.7. The molecule has 0 amide bonds. The maximum absolute atomic E-state index is 6.13. The van der Waals surface area contributed by atoms with Gasteiger partial charge in [0.25, 0.3) is 0 Å². The SMILES string of the molecule is c1ccc(COc2ccccc2-c2cccc(-n3nnc(-c4ccccn4)n3)c2)cc1. The maximum atomic E-state index is 6.13. The first-order valence-electron chi connectivity index (χ1n) is 9.95. The summed E-state index contributed by atoms with van der Waals surface area (Å²) in [7, 11) is 0. The molecule has 0 aliphatic carbocycles. The van der Waals surface area contributed by atoms with Crippen LogP contribution in [0.2, 0.25) is 0 Å². The Morgan fingerprint density at radius 2 is 1.61 bits per heavy atom. The van der Waals surface area contributed by atoms with Crippen LogP contribution in [0.25, 0.3) is 28.3 Å². The molecular formula is C25H19N5O. The van der Waals surface area contributed by atoms with Crippen molar-refractivity contribution in [3.05, 3.63) is 109 Å². The van der Waals surface area contributed by atoms with E-state index in [-0.39, 0.29) is 0 Å². The Hall–Kier alpha value is -4.32. The van der Waals surface area contributed by atoms with Crippen molar-refractivity contribution in [2.24, 2.45) is 0 Å². The molecule has 31 heavy (non-hydrogen) atoms. The summed E-state index contributed by atoms with van der Waals surface area (Å²) in [6, 6.07) is 31.8. The number of para-hydroxylation sites is 1. The molecule has 5 rings (SSSR count). The standard InChI is InChI=1S/C25H19N5O/c1-2-9-19(10-3-1)18-31-24-15-5-4-13-22(24)20-11-8-12-21(17-20)30-28-25(27-29-30)23-14-6-7-16-26-23/h1-17H,18H2. The first-order chi connectivity index (χ1) is 15.4. The lowest BCUT2D eigenvalue weighted by Crippen LogP contribution is -2.00. The molecule has 6 nitrogen and oxygen atoms in total. The summed E-state index contributed by atoms with van der Waals surface area (Å²) in [5, 5.41) is 12.8. The highest BCUT2D eigenvalue weighted by Gasteiger charge is 2.11. The third kappa shape index (κ3) is 4.18. The topological polar surface area (TPSA) is 65.7 Å². The number of tetrazole rings is 1. The summed E-state index contributed by atoms with van der Waals surface area (Å²) >= 11 is 0. The van der Waals surface area contributed by atoms with Gasteiger partial charge in [-0.05, 0) is 46.7 Å². The molecular weight excluding hydrogens is 386 g/mol. The van der Waals surface area contributed by atoms with E-state index in [1.807, 2.05) is 84.9 Å². The van der Waals surface area contributed by atoms with Crippen LogP contribution in [0.4, 0.5) is 0 Å². The zero-order chi connectivity index (χ0) is 20.9. The molecule has 0 saturated carbocycles. The Morgan fingerprint density at radius 3 is 2.48 bits per heavy atom. The number of hydrogen-bond donors (Lipinski definition) is 0. The fraction of sp³-hybridized carbons (Fsp3) is 0.0400. The van der Waals surface area contributed by atoms with Gasteiger partial charge in [-0.25, -0.2) is 0 Å². The van der Waals surface area contributed by atoms with Gasteiger partial charge in [0.05, 0.1) is 5.69 Å². The molecule has 2 aromatic heterocycles. The molecule has 3 aromatic carbocycles. The lowest BCUT2D eigenvalue weighted by Gasteiger charge is -2.12. The van der Waals surface area contributed by atoms with Crippen molar-refractivity contribution in [3.63, 3.8) is 0 Å². The molecule has 5 aromatic rings. The van der Waals surface area contributed by atoms with Gasteiger partial charge in [0.1, 0.15) is 18.1 Å². The smallest absolute Gasteiger partial charge is 0.223 e. The first-order valence-corrected chi connectivity index (χ1v) is 9.95. The molecule has 0 radical (unpaired) electrons. The minimum atomic E-state index is 0.484. The molecule has 0 N–H and O–H groups in total. The average Bonchev–Trinajstić information content (AvgIpc) is 3.35. The molecule has 6 heteroatoms. The van der Waals surface area contributed by atoms with E-state index >= 15 is 0 Å². The van der Waals surface area contributed by atoms with Crippen molar-refractivity contribution in [3.8, 4) is 34.1 Å². The summed E-state index contributed by atoms with van der Waals surface area (Å²) in [6.45, 7) is 0.510. The van der Waals surface area contributed by atoms with Crippen LogP contribution in [0, 0.1) is 0 Å². The van der Waals surface area contributed by atoms with E-state index < -0.39 is 0 Å². The van der Waals surface area contributed by atoms with Crippen molar-refractivity contribution < 1.29 is 4.74 Å². The van der Waals surface area contributed by atoms with Crippen molar-refractivity contribution in [2.45, 2.75) is 6.61 Å². The van der Waals surface area contributed by atoms with E-state index in [1.54, 1.807) is 6.20 Å². The maximum Gasteiger partial charge on any atom is 0.223 e. The second-order valence-electron chi connectivity index (χ2n) is 6.94. The normalized spacial score (nSPS) is 10.7. The summed E-state index contributed by atoms with van der Waals surface area (Å²) in [5.74, 6) is 1.31. The third-order valence-electron chi connectivity index (χ3n) is 4.82. The predicted molar refractivity (Wildman–Crippen MR) is 119 cm³/mol. The molecule has 0 aliphatic rings. The van der Waals surface area contributed by atoms with E-state index in [0.717, 1.165) is 28.1 Å².